The van der Waals surface area contributed by atoms with Crippen LogP contribution in [0.15, 0.2) is 0 Å². The third-order valence-electron chi connectivity index (χ3n) is 3.77. The summed E-state index contributed by atoms with van der Waals surface area (Å²) in [5.41, 5.74) is 0. The summed E-state index contributed by atoms with van der Waals surface area (Å²) in [6, 6.07) is 0. The summed E-state index contributed by atoms with van der Waals surface area (Å²) < 4.78 is 40.5. The molecule has 1 aliphatic carbocycles. The minimum Gasteiger partial charge on any atom is -0.372 e. The lowest BCUT2D eigenvalue weighted by Crippen LogP contribution is -2.29. The summed E-state index contributed by atoms with van der Waals surface area (Å²) in [6.45, 7) is 3.52. The average Bonchev–Trinajstić information content (AvgIpc) is 2.24. The van der Waals surface area contributed by atoms with Crippen LogP contribution in [0.25, 0.3) is 0 Å². The van der Waals surface area contributed by atoms with Crippen molar-refractivity contribution in [3.05, 3.63) is 0 Å². The Bertz CT molecular complexity index is 243. The molecule has 18 heavy (non-hydrogen) atoms. The Hall–Kier alpha value is 0.230. The molecule has 108 valence electrons. The molecule has 3 atom stereocenters. The number of halogens is 4. The molecule has 0 amide bonds. The minimum absolute atomic E-state index is 0.205. The van der Waals surface area contributed by atoms with Gasteiger partial charge < -0.3 is 4.74 Å². The summed E-state index contributed by atoms with van der Waals surface area (Å²) in [7, 11) is 0. The molecule has 1 rings (SSSR count). The van der Waals surface area contributed by atoms with Crippen LogP contribution in [0, 0.1) is 17.8 Å². The summed E-state index contributed by atoms with van der Waals surface area (Å²) in [4.78, 5) is 0.432. The molecule has 1 saturated carbocycles. The fourth-order valence-electron chi connectivity index (χ4n) is 2.59. The van der Waals surface area contributed by atoms with Crippen LogP contribution in [0.5, 0.6) is 0 Å². The lowest BCUT2D eigenvalue weighted by atomic mass is 9.75. The quantitative estimate of drug-likeness (QED) is 0.520. The van der Waals surface area contributed by atoms with Crippen LogP contribution in [-0.2, 0) is 4.74 Å². The first kappa shape index (κ1) is 16.3. The number of hydrogen-bond acceptors (Lipinski definition) is 1. The van der Waals surface area contributed by atoms with Gasteiger partial charge >= 0.3 is 6.18 Å². The van der Waals surface area contributed by atoms with E-state index in [1.807, 2.05) is 0 Å². The fourth-order valence-corrected chi connectivity index (χ4v) is 3.33. The maximum Gasteiger partial charge on any atom is 0.411 e. The van der Waals surface area contributed by atoms with Crippen molar-refractivity contribution in [2.24, 2.45) is 17.8 Å². The molecule has 0 aliphatic heterocycles. The fraction of sp³-hybridized carbons (Fsp3) is 1.00. The molecule has 0 spiro atoms. The van der Waals surface area contributed by atoms with E-state index in [2.05, 4.69) is 29.8 Å². The lowest BCUT2D eigenvalue weighted by molar-refractivity contribution is -0.174. The Kier molecular flexibility index (Phi) is 6.45. The number of alkyl halides is 4. The van der Waals surface area contributed by atoms with Gasteiger partial charge in [-0.15, -0.1) is 0 Å². The largest absolute Gasteiger partial charge is 0.411 e. The van der Waals surface area contributed by atoms with Crippen LogP contribution in [0.1, 0.15) is 39.5 Å². The van der Waals surface area contributed by atoms with Crippen molar-refractivity contribution in [1.82, 2.24) is 0 Å². The second-order valence-electron chi connectivity index (χ2n) is 5.55. The standard InChI is InChI=1S/C13H22BrF3O/c1-9(2)10-3-4-12(14)11(7-10)5-6-18-8-13(15,16)17/h9-12H,3-8H2,1-2H3. The third kappa shape index (κ3) is 5.91. The van der Waals surface area contributed by atoms with Gasteiger partial charge in [0.05, 0.1) is 0 Å². The van der Waals surface area contributed by atoms with Crippen LogP contribution >= 0.6 is 15.9 Å². The molecule has 0 aromatic heterocycles. The summed E-state index contributed by atoms with van der Waals surface area (Å²) in [5, 5.41) is 0. The van der Waals surface area contributed by atoms with Gasteiger partial charge in [0.15, 0.2) is 0 Å². The maximum atomic E-state index is 11.9. The molecule has 0 radical (unpaired) electrons. The SMILES string of the molecule is CC(C)C1CCC(Br)C(CCOCC(F)(F)F)C1. The molecule has 5 heteroatoms. The normalized spacial score (nSPS) is 29.8. The molecule has 1 aliphatic rings. The molecule has 0 saturated heterocycles. The smallest absolute Gasteiger partial charge is 0.372 e. The van der Waals surface area contributed by atoms with Crippen LogP contribution in [-0.4, -0.2) is 24.2 Å². The summed E-state index contributed by atoms with van der Waals surface area (Å²) in [6.07, 6.45) is -0.0563. The number of rotatable bonds is 5. The molecule has 1 fully saturated rings. The van der Waals surface area contributed by atoms with E-state index in [0.717, 1.165) is 19.3 Å². The topological polar surface area (TPSA) is 9.23 Å². The van der Waals surface area contributed by atoms with E-state index in [9.17, 15) is 13.2 Å². The molecule has 0 N–H and O–H groups in total. The van der Waals surface area contributed by atoms with E-state index in [4.69, 9.17) is 4.74 Å². The monoisotopic (exact) mass is 330 g/mol. The van der Waals surface area contributed by atoms with E-state index in [1.165, 1.54) is 6.42 Å². The van der Waals surface area contributed by atoms with Crippen LogP contribution < -0.4 is 0 Å². The van der Waals surface area contributed by atoms with Gasteiger partial charge in [-0.3, -0.25) is 0 Å². The predicted octanol–water partition coefficient (Wildman–Crippen LogP) is 4.79. The third-order valence-corrected chi connectivity index (χ3v) is 4.98. The first-order chi connectivity index (χ1) is 8.29. The van der Waals surface area contributed by atoms with Gasteiger partial charge in [-0.2, -0.15) is 13.2 Å². The van der Waals surface area contributed by atoms with Crippen molar-refractivity contribution in [1.29, 1.82) is 0 Å². The first-order valence-corrected chi connectivity index (χ1v) is 7.49. The summed E-state index contributed by atoms with van der Waals surface area (Å²) in [5.74, 6) is 1.80. The van der Waals surface area contributed by atoms with Gasteiger partial charge in [0, 0.05) is 11.4 Å². The van der Waals surface area contributed by atoms with Crippen LogP contribution in [0.3, 0.4) is 0 Å². The highest BCUT2D eigenvalue weighted by atomic mass is 79.9. The Morgan fingerprint density at radius 1 is 1.28 bits per heavy atom. The van der Waals surface area contributed by atoms with Crippen molar-refractivity contribution in [2.45, 2.75) is 50.5 Å². The van der Waals surface area contributed by atoms with E-state index in [0.29, 0.717) is 22.6 Å². The van der Waals surface area contributed by atoms with Gasteiger partial charge in [0.1, 0.15) is 6.61 Å². The molecular weight excluding hydrogens is 309 g/mol. The van der Waals surface area contributed by atoms with Crippen molar-refractivity contribution < 1.29 is 17.9 Å². The van der Waals surface area contributed by atoms with Gasteiger partial charge in [-0.1, -0.05) is 29.8 Å². The second-order valence-corrected chi connectivity index (χ2v) is 6.73. The molecule has 0 heterocycles. The summed E-state index contributed by atoms with van der Waals surface area (Å²) >= 11 is 3.65. The highest BCUT2D eigenvalue weighted by molar-refractivity contribution is 9.09. The second kappa shape index (κ2) is 7.13. The Labute approximate surface area is 116 Å². The highest BCUT2D eigenvalue weighted by Crippen LogP contribution is 2.38. The molecular formula is C13H22BrF3O. The minimum atomic E-state index is -4.21. The van der Waals surface area contributed by atoms with Gasteiger partial charge in [0.25, 0.3) is 0 Å². The van der Waals surface area contributed by atoms with Gasteiger partial charge in [-0.25, -0.2) is 0 Å². The first-order valence-electron chi connectivity index (χ1n) is 6.58. The zero-order valence-electron chi connectivity index (χ0n) is 11.0. The Balaban J connectivity index is 2.27. The number of ether oxygens (including phenoxy) is 1. The lowest BCUT2D eigenvalue weighted by Gasteiger charge is -2.35. The predicted molar refractivity (Wildman–Crippen MR) is 69.9 cm³/mol. The van der Waals surface area contributed by atoms with Gasteiger partial charge in [0.2, 0.25) is 0 Å². The maximum absolute atomic E-state index is 11.9. The van der Waals surface area contributed by atoms with Crippen LogP contribution in [0.4, 0.5) is 13.2 Å². The van der Waals surface area contributed by atoms with Crippen LogP contribution in [0.2, 0.25) is 0 Å². The van der Waals surface area contributed by atoms with Crippen molar-refractivity contribution >= 4 is 15.9 Å². The highest BCUT2D eigenvalue weighted by Gasteiger charge is 2.31. The van der Waals surface area contributed by atoms with E-state index < -0.39 is 12.8 Å². The molecule has 0 bridgehead atoms. The Morgan fingerprint density at radius 2 is 1.94 bits per heavy atom. The van der Waals surface area contributed by atoms with Crippen molar-refractivity contribution in [2.75, 3.05) is 13.2 Å². The zero-order valence-corrected chi connectivity index (χ0v) is 12.6. The molecule has 3 unspecified atom stereocenters. The molecule has 0 aromatic rings. The average molecular weight is 331 g/mol. The van der Waals surface area contributed by atoms with E-state index in [1.54, 1.807) is 0 Å². The van der Waals surface area contributed by atoms with E-state index in [-0.39, 0.29) is 6.61 Å². The Morgan fingerprint density at radius 3 is 2.50 bits per heavy atom. The van der Waals surface area contributed by atoms with E-state index >= 15 is 0 Å². The van der Waals surface area contributed by atoms with Crippen molar-refractivity contribution in [3.63, 3.8) is 0 Å². The number of hydrogen-bond donors (Lipinski definition) is 0. The van der Waals surface area contributed by atoms with Crippen molar-refractivity contribution in [3.8, 4) is 0 Å². The zero-order chi connectivity index (χ0) is 13.8. The van der Waals surface area contributed by atoms with Gasteiger partial charge in [-0.05, 0) is 43.4 Å². The molecule has 1 nitrogen and oxygen atoms in total. The molecule has 0 aromatic carbocycles.